The first-order valence-corrected chi connectivity index (χ1v) is 7.92. The largest absolute Gasteiger partial charge is 0.463 e. The average molecular weight is 340 g/mol. The molecule has 2 N–H and O–H groups in total. The van der Waals surface area contributed by atoms with E-state index in [4.69, 9.17) is 9.52 Å². The standard InChI is InChI=1S/C18H20N4O3/c1-13-5-7-14(8-6-13)22-17(19-18(24)21(2)9-10-23)12-15(20-22)16-4-3-11-25-16/h3-8,11-12,23H,9-10H2,1-2H3,(H,19,24). The third-order valence-corrected chi connectivity index (χ3v) is 3.78. The van der Waals surface area contributed by atoms with Crippen LogP contribution in [0, 0.1) is 6.92 Å². The van der Waals surface area contributed by atoms with Gasteiger partial charge in [-0.15, -0.1) is 0 Å². The number of hydrogen-bond acceptors (Lipinski definition) is 4. The van der Waals surface area contributed by atoms with Crippen molar-refractivity contribution in [1.29, 1.82) is 0 Å². The topological polar surface area (TPSA) is 83.5 Å². The van der Waals surface area contributed by atoms with Crippen LogP contribution in [-0.4, -0.2) is 46.0 Å². The molecule has 0 saturated heterocycles. The van der Waals surface area contributed by atoms with Gasteiger partial charge in [-0.05, 0) is 31.2 Å². The summed E-state index contributed by atoms with van der Waals surface area (Å²) in [6.45, 7) is 2.15. The molecule has 2 amide bonds. The van der Waals surface area contributed by atoms with Crippen molar-refractivity contribution in [2.45, 2.75) is 6.92 Å². The van der Waals surface area contributed by atoms with E-state index < -0.39 is 0 Å². The molecule has 0 radical (unpaired) electrons. The van der Waals surface area contributed by atoms with Crippen molar-refractivity contribution in [3.05, 3.63) is 54.3 Å². The minimum atomic E-state index is -0.326. The van der Waals surface area contributed by atoms with E-state index in [1.807, 2.05) is 37.3 Å². The molecule has 7 heteroatoms. The van der Waals surface area contributed by atoms with Gasteiger partial charge >= 0.3 is 6.03 Å². The third-order valence-electron chi connectivity index (χ3n) is 3.78. The Bertz CT molecular complexity index is 838. The molecule has 0 aliphatic heterocycles. The number of aliphatic hydroxyl groups excluding tert-OH is 1. The number of urea groups is 1. The molecular formula is C18H20N4O3. The first-order valence-electron chi connectivity index (χ1n) is 7.92. The Morgan fingerprint density at radius 1 is 1.32 bits per heavy atom. The molecule has 25 heavy (non-hydrogen) atoms. The molecule has 3 rings (SSSR count). The first-order chi connectivity index (χ1) is 12.1. The molecule has 0 atom stereocenters. The van der Waals surface area contributed by atoms with Gasteiger partial charge in [0, 0.05) is 19.7 Å². The van der Waals surface area contributed by atoms with Crippen LogP contribution in [0.5, 0.6) is 0 Å². The van der Waals surface area contributed by atoms with Crippen molar-refractivity contribution in [1.82, 2.24) is 14.7 Å². The number of nitrogens with zero attached hydrogens (tertiary/aromatic N) is 3. The molecule has 2 heterocycles. The second-order valence-electron chi connectivity index (χ2n) is 5.71. The summed E-state index contributed by atoms with van der Waals surface area (Å²) in [5.41, 5.74) is 2.57. The molecule has 0 aliphatic rings. The zero-order valence-corrected chi connectivity index (χ0v) is 14.1. The molecule has 1 aromatic carbocycles. The fraction of sp³-hybridized carbons (Fsp3) is 0.222. The summed E-state index contributed by atoms with van der Waals surface area (Å²) in [4.78, 5) is 13.7. The monoisotopic (exact) mass is 340 g/mol. The van der Waals surface area contributed by atoms with Gasteiger partial charge in [0.1, 0.15) is 11.5 Å². The van der Waals surface area contributed by atoms with Crippen molar-refractivity contribution in [3.63, 3.8) is 0 Å². The number of furan rings is 1. The third kappa shape index (κ3) is 3.72. The number of hydrogen-bond donors (Lipinski definition) is 2. The predicted molar refractivity (Wildman–Crippen MR) is 94.7 cm³/mol. The fourth-order valence-corrected chi connectivity index (χ4v) is 2.35. The highest BCUT2D eigenvalue weighted by molar-refractivity contribution is 5.89. The number of carbonyl (C=O) groups is 1. The molecule has 0 fully saturated rings. The van der Waals surface area contributed by atoms with Crippen molar-refractivity contribution in [3.8, 4) is 17.1 Å². The van der Waals surface area contributed by atoms with Crippen LogP contribution in [0.1, 0.15) is 5.56 Å². The SMILES string of the molecule is Cc1ccc(-n2nc(-c3ccco3)cc2NC(=O)N(C)CCO)cc1. The van der Waals surface area contributed by atoms with Crippen molar-refractivity contribution in [2.75, 3.05) is 25.5 Å². The van der Waals surface area contributed by atoms with Gasteiger partial charge in [0.2, 0.25) is 0 Å². The summed E-state index contributed by atoms with van der Waals surface area (Å²) in [6.07, 6.45) is 1.58. The van der Waals surface area contributed by atoms with Crippen LogP contribution in [0.25, 0.3) is 17.1 Å². The van der Waals surface area contributed by atoms with Crippen LogP contribution in [0.4, 0.5) is 10.6 Å². The highest BCUT2D eigenvalue weighted by atomic mass is 16.3. The van der Waals surface area contributed by atoms with Gasteiger partial charge in [-0.1, -0.05) is 17.7 Å². The van der Waals surface area contributed by atoms with Crippen LogP contribution in [-0.2, 0) is 0 Å². The van der Waals surface area contributed by atoms with Gasteiger partial charge < -0.3 is 14.4 Å². The maximum atomic E-state index is 12.3. The minimum Gasteiger partial charge on any atom is -0.463 e. The maximum Gasteiger partial charge on any atom is 0.322 e. The lowest BCUT2D eigenvalue weighted by molar-refractivity contribution is 0.202. The fourth-order valence-electron chi connectivity index (χ4n) is 2.35. The Morgan fingerprint density at radius 3 is 2.72 bits per heavy atom. The number of rotatable bonds is 5. The number of aryl methyl sites for hydroxylation is 1. The minimum absolute atomic E-state index is 0.0984. The van der Waals surface area contributed by atoms with E-state index in [0.29, 0.717) is 17.3 Å². The number of benzene rings is 1. The lowest BCUT2D eigenvalue weighted by atomic mass is 10.2. The van der Waals surface area contributed by atoms with E-state index in [2.05, 4.69) is 10.4 Å². The number of aromatic nitrogens is 2. The number of nitrogens with one attached hydrogen (secondary N) is 1. The Hall–Kier alpha value is -3.06. The summed E-state index contributed by atoms with van der Waals surface area (Å²) in [6, 6.07) is 12.8. The molecule has 130 valence electrons. The maximum absolute atomic E-state index is 12.3. The number of aliphatic hydroxyl groups is 1. The quantitative estimate of drug-likeness (QED) is 0.748. The van der Waals surface area contributed by atoms with Crippen LogP contribution >= 0.6 is 0 Å². The van der Waals surface area contributed by atoms with Crippen LogP contribution < -0.4 is 5.32 Å². The van der Waals surface area contributed by atoms with E-state index in [-0.39, 0.29) is 19.2 Å². The van der Waals surface area contributed by atoms with Crippen molar-refractivity contribution >= 4 is 11.8 Å². The number of likely N-dealkylation sites (N-methyl/N-ethyl adjacent to an activating group) is 1. The lowest BCUT2D eigenvalue weighted by Gasteiger charge is -2.17. The van der Waals surface area contributed by atoms with E-state index in [0.717, 1.165) is 11.3 Å². The Morgan fingerprint density at radius 2 is 2.08 bits per heavy atom. The summed E-state index contributed by atoms with van der Waals surface area (Å²) in [7, 11) is 1.62. The molecule has 0 bridgehead atoms. The Labute approximate surface area is 145 Å². The van der Waals surface area contributed by atoms with E-state index in [1.54, 1.807) is 30.1 Å². The second kappa shape index (κ2) is 7.23. The molecule has 0 aliphatic carbocycles. The van der Waals surface area contributed by atoms with Crippen LogP contribution in [0.15, 0.2) is 53.1 Å². The molecule has 2 aromatic heterocycles. The van der Waals surface area contributed by atoms with Gasteiger partial charge in [-0.2, -0.15) is 5.10 Å². The molecule has 3 aromatic rings. The van der Waals surface area contributed by atoms with E-state index >= 15 is 0 Å². The predicted octanol–water partition coefficient (Wildman–Crippen LogP) is 2.90. The Balaban J connectivity index is 1.97. The first kappa shape index (κ1) is 16.8. The van der Waals surface area contributed by atoms with Gasteiger partial charge in [-0.25, -0.2) is 9.48 Å². The molecular weight excluding hydrogens is 320 g/mol. The highest BCUT2D eigenvalue weighted by Gasteiger charge is 2.16. The van der Waals surface area contributed by atoms with Crippen LogP contribution in [0.3, 0.4) is 0 Å². The van der Waals surface area contributed by atoms with Gasteiger partial charge in [-0.3, -0.25) is 5.32 Å². The normalized spacial score (nSPS) is 10.7. The van der Waals surface area contributed by atoms with Crippen LogP contribution in [0.2, 0.25) is 0 Å². The summed E-state index contributed by atoms with van der Waals surface area (Å²) in [5, 5.41) is 16.4. The van der Waals surface area contributed by atoms with Crippen molar-refractivity contribution in [2.24, 2.45) is 0 Å². The van der Waals surface area contributed by atoms with Crippen molar-refractivity contribution < 1.29 is 14.3 Å². The number of amides is 2. The number of carbonyl (C=O) groups excluding carboxylic acids is 1. The zero-order valence-electron chi connectivity index (χ0n) is 14.1. The smallest absolute Gasteiger partial charge is 0.322 e. The van der Waals surface area contributed by atoms with E-state index in [1.165, 1.54) is 4.90 Å². The van der Waals surface area contributed by atoms with Gasteiger partial charge in [0.15, 0.2) is 5.76 Å². The molecule has 0 unspecified atom stereocenters. The lowest BCUT2D eigenvalue weighted by Crippen LogP contribution is -2.34. The zero-order chi connectivity index (χ0) is 17.8. The summed E-state index contributed by atoms with van der Waals surface area (Å²) < 4.78 is 7.06. The Kier molecular flexibility index (Phi) is 4.85. The number of anilines is 1. The summed E-state index contributed by atoms with van der Waals surface area (Å²) >= 11 is 0. The molecule has 0 spiro atoms. The average Bonchev–Trinajstić information content (AvgIpc) is 3.25. The van der Waals surface area contributed by atoms with E-state index in [9.17, 15) is 4.79 Å². The second-order valence-corrected chi connectivity index (χ2v) is 5.71. The molecule has 7 nitrogen and oxygen atoms in total. The van der Waals surface area contributed by atoms with Gasteiger partial charge in [0.25, 0.3) is 0 Å². The van der Waals surface area contributed by atoms with Gasteiger partial charge in [0.05, 0.1) is 18.6 Å². The molecule has 0 saturated carbocycles. The highest BCUT2D eigenvalue weighted by Crippen LogP contribution is 2.25. The summed E-state index contributed by atoms with van der Waals surface area (Å²) in [5.74, 6) is 1.13.